The molecule has 84 valence electrons. The minimum atomic E-state index is -0.166. The average molecular weight is 237 g/mol. The third kappa shape index (κ3) is 1.71. The van der Waals surface area contributed by atoms with Crippen LogP contribution in [0.5, 0.6) is 5.75 Å². The van der Waals surface area contributed by atoms with Gasteiger partial charge in [0, 0.05) is 12.4 Å². The first-order chi connectivity index (χ1) is 7.63. The van der Waals surface area contributed by atoms with Gasteiger partial charge < -0.3 is 4.74 Å². The number of aryl methyl sites for hydroxylation is 2. The number of methoxy groups -OCH3 is 1. The highest BCUT2D eigenvalue weighted by Gasteiger charge is 2.21. The first-order valence-electron chi connectivity index (χ1n) is 4.66. The quantitative estimate of drug-likeness (QED) is 0.758. The second-order valence-corrected chi connectivity index (χ2v) is 4.33. The van der Waals surface area contributed by atoms with Gasteiger partial charge in [0.1, 0.15) is 5.69 Å². The molecule has 0 saturated carbocycles. The maximum atomic E-state index is 12.1. The fourth-order valence-corrected chi connectivity index (χ4v) is 2.01. The molecule has 16 heavy (non-hydrogen) atoms. The average Bonchev–Trinajstić information content (AvgIpc) is 2.83. The molecular weight excluding hydrogens is 226 g/mol. The molecule has 2 heterocycles. The Morgan fingerprint density at radius 2 is 2.31 bits per heavy atom. The number of hydrogen-bond acceptors (Lipinski definition) is 5. The second kappa shape index (κ2) is 4.05. The normalized spacial score (nSPS) is 10.4. The lowest BCUT2D eigenvalue weighted by molar-refractivity contribution is 0.102. The van der Waals surface area contributed by atoms with Crippen LogP contribution >= 0.6 is 11.3 Å². The maximum Gasteiger partial charge on any atom is 0.234 e. The summed E-state index contributed by atoms with van der Waals surface area (Å²) in [5.74, 6) is 0.305. The first-order valence-corrected chi connectivity index (χ1v) is 5.54. The van der Waals surface area contributed by atoms with E-state index in [0.717, 1.165) is 5.01 Å². The van der Waals surface area contributed by atoms with Crippen LogP contribution in [0.25, 0.3) is 0 Å². The van der Waals surface area contributed by atoms with E-state index >= 15 is 0 Å². The lowest BCUT2D eigenvalue weighted by atomic mass is 10.2. The van der Waals surface area contributed by atoms with Gasteiger partial charge in [-0.05, 0) is 6.92 Å². The van der Waals surface area contributed by atoms with Crippen molar-refractivity contribution < 1.29 is 9.53 Å². The van der Waals surface area contributed by atoms with E-state index in [1.807, 2.05) is 6.92 Å². The molecule has 2 rings (SSSR count). The lowest BCUT2D eigenvalue weighted by Gasteiger charge is -2.01. The molecule has 0 N–H and O–H groups in total. The Bertz CT molecular complexity index is 530. The van der Waals surface area contributed by atoms with Gasteiger partial charge in [0.15, 0.2) is 11.4 Å². The molecule has 0 unspecified atom stereocenters. The summed E-state index contributed by atoms with van der Waals surface area (Å²) in [6.45, 7) is 1.86. The Labute approximate surface area is 96.7 Å². The zero-order chi connectivity index (χ0) is 11.7. The first kappa shape index (κ1) is 10.8. The van der Waals surface area contributed by atoms with Crippen molar-refractivity contribution in [1.29, 1.82) is 0 Å². The summed E-state index contributed by atoms with van der Waals surface area (Å²) in [7, 11) is 3.22. The van der Waals surface area contributed by atoms with Gasteiger partial charge in [-0.15, -0.1) is 11.3 Å². The summed E-state index contributed by atoms with van der Waals surface area (Å²) in [5.41, 5.74) is 0.859. The zero-order valence-corrected chi connectivity index (χ0v) is 10.0. The number of nitrogens with zero attached hydrogens (tertiary/aromatic N) is 3. The molecule has 0 aliphatic rings. The minimum absolute atomic E-state index is 0.166. The largest absolute Gasteiger partial charge is 0.493 e. The van der Waals surface area contributed by atoms with Crippen LogP contribution in [0.4, 0.5) is 0 Å². The monoisotopic (exact) mass is 237 g/mol. The molecule has 0 bridgehead atoms. The second-order valence-electron chi connectivity index (χ2n) is 3.27. The Morgan fingerprint density at radius 1 is 1.56 bits per heavy atom. The van der Waals surface area contributed by atoms with Gasteiger partial charge in [-0.2, -0.15) is 5.10 Å². The van der Waals surface area contributed by atoms with E-state index in [9.17, 15) is 4.79 Å². The van der Waals surface area contributed by atoms with Crippen molar-refractivity contribution in [2.75, 3.05) is 7.11 Å². The van der Waals surface area contributed by atoms with Crippen LogP contribution in [0.3, 0.4) is 0 Å². The predicted molar refractivity (Wildman–Crippen MR) is 60.0 cm³/mol. The fraction of sp³-hybridized carbons (Fsp3) is 0.300. The van der Waals surface area contributed by atoms with Crippen LogP contribution in [0.15, 0.2) is 11.6 Å². The summed E-state index contributed by atoms with van der Waals surface area (Å²) in [6, 6.07) is 0. The van der Waals surface area contributed by atoms with E-state index in [2.05, 4.69) is 10.1 Å². The summed E-state index contributed by atoms with van der Waals surface area (Å²) in [6.07, 6.45) is 1.52. The molecule has 2 aromatic heterocycles. The number of aromatic nitrogens is 3. The number of rotatable bonds is 3. The van der Waals surface area contributed by atoms with E-state index in [0.29, 0.717) is 17.1 Å². The van der Waals surface area contributed by atoms with Gasteiger partial charge in [-0.1, -0.05) is 0 Å². The molecule has 0 aliphatic carbocycles. The predicted octanol–water partition coefficient (Wildman–Crippen LogP) is 1.42. The maximum absolute atomic E-state index is 12.1. The SMILES string of the molecule is COc1cnn(C)c1C(=O)c1csc(C)n1. The van der Waals surface area contributed by atoms with Crippen molar-refractivity contribution in [3.05, 3.63) is 28.0 Å². The van der Waals surface area contributed by atoms with Gasteiger partial charge in [0.2, 0.25) is 5.78 Å². The Kier molecular flexibility index (Phi) is 2.74. The number of hydrogen-bond donors (Lipinski definition) is 0. The van der Waals surface area contributed by atoms with Crippen molar-refractivity contribution in [3.8, 4) is 5.75 Å². The number of carbonyl (C=O) groups is 1. The van der Waals surface area contributed by atoms with E-state index in [1.54, 1.807) is 12.4 Å². The van der Waals surface area contributed by atoms with Crippen molar-refractivity contribution >= 4 is 17.1 Å². The van der Waals surface area contributed by atoms with Crippen molar-refractivity contribution in [2.24, 2.45) is 7.05 Å². The van der Waals surface area contributed by atoms with Crippen LogP contribution < -0.4 is 4.74 Å². The highest BCUT2D eigenvalue weighted by atomic mass is 32.1. The molecule has 5 nitrogen and oxygen atoms in total. The third-order valence-corrected chi connectivity index (χ3v) is 2.97. The molecule has 0 atom stereocenters. The Morgan fingerprint density at radius 3 is 2.88 bits per heavy atom. The van der Waals surface area contributed by atoms with Crippen LogP contribution in [0.2, 0.25) is 0 Å². The third-order valence-electron chi connectivity index (χ3n) is 2.19. The Balaban J connectivity index is 2.44. The molecule has 2 aromatic rings. The van der Waals surface area contributed by atoms with Crippen molar-refractivity contribution in [1.82, 2.24) is 14.8 Å². The number of carbonyl (C=O) groups excluding carboxylic acids is 1. The summed E-state index contributed by atoms with van der Waals surface area (Å²) < 4.78 is 6.58. The summed E-state index contributed by atoms with van der Waals surface area (Å²) in [4.78, 5) is 16.3. The van der Waals surface area contributed by atoms with Crippen molar-refractivity contribution in [2.45, 2.75) is 6.92 Å². The smallest absolute Gasteiger partial charge is 0.234 e. The van der Waals surface area contributed by atoms with Crippen LogP contribution in [-0.4, -0.2) is 27.7 Å². The fourth-order valence-electron chi connectivity index (χ4n) is 1.41. The van der Waals surface area contributed by atoms with Crippen LogP contribution in [0.1, 0.15) is 21.2 Å². The molecule has 0 fully saturated rings. The van der Waals surface area contributed by atoms with Crippen molar-refractivity contribution in [3.63, 3.8) is 0 Å². The van der Waals surface area contributed by atoms with Gasteiger partial charge in [-0.25, -0.2) is 4.98 Å². The van der Waals surface area contributed by atoms with Gasteiger partial charge in [0.25, 0.3) is 0 Å². The summed E-state index contributed by atoms with van der Waals surface area (Å²) >= 11 is 1.45. The molecule has 6 heteroatoms. The molecule has 0 radical (unpaired) electrons. The number of ketones is 1. The van der Waals surface area contributed by atoms with Gasteiger partial charge >= 0.3 is 0 Å². The van der Waals surface area contributed by atoms with Crippen LogP contribution in [-0.2, 0) is 7.05 Å². The molecule has 0 saturated heterocycles. The van der Waals surface area contributed by atoms with E-state index in [1.165, 1.54) is 29.3 Å². The van der Waals surface area contributed by atoms with Crippen LogP contribution in [0, 0.1) is 6.92 Å². The highest BCUT2D eigenvalue weighted by Crippen LogP contribution is 2.21. The van der Waals surface area contributed by atoms with Gasteiger partial charge in [0.05, 0.1) is 18.3 Å². The Hall–Kier alpha value is -1.69. The minimum Gasteiger partial charge on any atom is -0.493 e. The van der Waals surface area contributed by atoms with E-state index < -0.39 is 0 Å². The highest BCUT2D eigenvalue weighted by molar-refractivity contribution is 7.09. The zero-order valence-electron chi connectivity index (χ0n) is 9.22. The van der Waals surface area contributed by atoms with Gasteiger partial charge in [-0.3, -0.25) is 9.48 Å². The summed E-state index contributed by atoms with van der Waals surface area (Å²) in [5, 5.41) is 6.59. The molecule has 0 spiro atoms. The molecule has 0 aromatic carbocycles. The molecular formula is C10H11N3O2S. The standard InChI is InChI=1S/C10H11N3O2S/c1-6-12-7(5-16-6)10(14)9-8(15-3)4-11-13(9)2/h4-5H,1-3H3. The van der Waals surface area contributed by atoms with E-state index in [4.69, 9.17) is 4.74 Å². The topological polar surface area (TPSA) is 57.0 Å². The molecule has 0 aliphatic heterocycles. The number of ether oxygens (including phenoxy) is 1. The molecule has 0 amide bonds. The number of thiazole rings is 1. The van der Waals surface area contributed by atoms with E-state index in [-0.39, 0.29) is 5.78 Å². The lowest BCUT2D eigenvalue weighted by Crippen LogP contribution is -2.10.